The van der Waals surface area contributed by atoms with Crippen molar-refractivity contribution in [3.63, 3.8) is 0 Å². The maximum atomic E-state index is 13.1. The molecule has 0 fully saturated rings. The Morgan fingerprint density at radius 3 is 2.39 bits per heavy atom. The fourth-order valence-electron chi connectivity index (χ4n) is 3.39. The minimum absolute atomic E-state index is 0.311. The number of hydrogen-bond acceptors (Lipinski definition) is 8. The van der Waals surface area contributed by atoms with Gasteiger partial charge in [0.15, 0.2) is 0 Å². The lowest BCUT2D eigenvalue weighted by Crippen LogP contribution is -2.54. The van der Waals surface area contributed by atoms with Crippen molar-refractivity contribution in [2.75, 3.05) is 17.2 Å². The van der Waals surface area contributed by atoms with E-state index in [4.69, 9.17) is 17.2 Å². The Hall–Kier alpha value is -3.31. The van der Waals surface area contributed by atoms with Gasteiger partial charge >= 0.3 is 0 Å². The van der Waals surface area contributed by atoms with Crippen LogP contribution < -0.4 is 38.5 Å². The Morgan fingerprint density at radius 2 is 1.78 bits per heavy atom. The highest BCUT2D eigenvalue weighted by atomic mass is 16.2. The molecule has 1 heterocycles. The van der Waals surface area contributed by atoms with Crippen molar-refractivity contribution in [1.82, 2.24) is 15.6 Å². The molecular weight excluding hydrogens is 456 g/mol. The van der Waals surface area contributed by atoms with Crippen molar-refractivity contribution in [2.45, 2.75) is 64.3 Å². The number of nitrogens with zero attached hydrogens (tertiary/aromatic N) is 1. The Morgan fingerprint density at radius 1 is 1.11 bits per heavy atom. The first-order valence-corrected chi connectivity index (χ1v) is 12.2. The molecule has 10 N–H and O–H groups in total. The summed E-state index contributed by atoms with van der Waals surface area (Å²) in [4.78, 5) is 29.4. The summed E-state index contributed by atoms with van der Waals surface area (Å²) in [6.45, 7) is 5.94. The van der Waals surface area contributed by atoms with Gasteiger partial charge in [0.25, 0.3) is 5.91 Å². The molecule has 0 aliphatic carbocycles. The van der Waals surface area contributed by atoms with E-state index in [-0.39, 0.29) is 18.0 Å². The SMILES string of the molecule is CCCNC(NC(N)CCCc1ccncc1)/C(=C\N)C(=O)Nc1cccc(NC(=O)C(C)(C)N)c1. The minimum atomic E-state index is -1.03. The molecule has 2 unspecified atom stereocenters. The number of anilines is 2. The third-order valence-corrected chi connectivity index (χ3v) is 5.43. The molecule has 0 aliphatic heterocycles. The molecule has 2 rings (SSSR count). The Balaban J connectivity index is 2.02. The third-order valence-electron chi connectivity index (χ3n) is 5.43. The standard InChI is InChI=1S/C26H40N8O2/c1-4-13-31-23(34-22(28)10-5-7-18-11-14-30-15-12-18)21(17-27)24(35)32-19-8-6-9-20(16-19)33-25(36)26(2,3)29/h6,8-9,11-12,14-17,22-23,31,34H,4-5,7,10,13,27-29H2,1-3H3,(H,32,35)(H,33,36)/b21-17+. The molecule has 2 amide bonds. The molecule has 0 saturated heterocycles. The summed E-state index contributed by atoms with van der Waals surface area (Å²) in [5, 5.41) is 12.2. The number of amides is 2. The van der Waals surface area contributed by atoms with Gasteiger partial charge in [-0.25, -0.2) is 0 Å². The van der Waals surface area contributed by atoms with E-state index in [1.807, 2.05) is 19.1 Å². The molecule has 2 aromatic rings. The van der Waals surface area contributed by atoms with Crippen LogP contribution in [0, 0.1) is 0 Å². The van der Waals surface area contributed by atoms with Crippen molar-refractivity contribution < 1.29 is 9.59 Å². The molecule has 36 heavy (non-hydrogen) atoms. The maximum absolute atomic E-state index is 13.1. The molecule has 196 valence electrons. The number of nitrogens with one attached hydrogen (secondary N) is 4. The molecule has 10 heteroatoms. The van der Waals surface area contributed by atoms with Crippen molar-refractivity contribution in [3.05, 3.63) is 66.1 Å². The van der Waals surface area contributed by atoms with Gasteiger partial charge in [0.1, 0.15) is 0 Å². The minimum Gasteiger partial charge on any atom is -0.404 e. The second-order valence-corrected chi connectivity index (χ2v) is 9.24. The lowest BCUT2D eigenvalue weighted by Gasteiger charge is -2.26. The average molecular weight is 497 g/mol. The predicted molar refractivity (Wildman–Crippen MR) is 145 cm³/mol. The highest BCUT2D eigenvalue weighted by Crippen LogP contribution is 2.17. The van der Waals surface area contributed by atoms with Gasteiger partial charge < -0.3 is 27.8 Å². The highest BCUT2D eigenvalue weighted by Gasteiger charge is 2.23. The van der Waals surface area contributed by atoms with Crippen LogP contribution in [-0.2, 0) is 16.0 Å². The van der Waals surface area contributed by atoms with Gasteiger partial charge in [0.2, 0.25) is 5.91 Å². The van der Waals surface area contributed by atoms with E-state index >= 15 is 0 Å². The average Bonchev–Trinajstić information content (AvgIpc) is 2.83. The normalized spacial score (nSPS) is 13.6. The Labute approximate surface area is 213 Å². The van der Waals surface area contributed by atoms with Crippen LogP contribution in [0.3, 0.4) is 0 Å². The lowest BCUT2D eigenvalue weighted by atomic mass is 10.1. The van der Waals surface area contributed by atoms with Crippen LogP contribution in [0.5, 0.6) is 0 Å². The molecule has 0 spiro atoms. The van der Waals surface area contributed by atoms with Crippen LogP contribution in [-0.4, -0.2) is 41.2 Å². The van der Waals surface area contributed by atoms with Crippen LogP contribution >= 0.6 is 0 Å². The number of rotatable bonds is 14. The quantitative estimate of drug-likeness (QED) is 0.153. The molecule has 0 bridgehead atoms. The molecule has 0 radical (unpaired) electrons. The van der Waals surface area contributed by atoms with E-state index in [1.54, 1.807) is 50.5 Å². The van der Waals surface area contributed by atoms with Gasteiger partial charge in [-0.3, -0.25) is 25.2 Å². The number of aromatic nitrogens is 1. The van der Waals surface area contributed by atoms with Gasteiger partial charge in [-0.1, -0.05) is 13.0 Å². The summed E-state index contributed by atoms with van der Waals surface area (Å²) in [5.41, 5.74) is 19.6. The fraction of sp³-hybridized carbons (Fsp3) is 0.423. The molecule has 0 saturated carbocycles. The molecule has 1 aromatic heterocycles. The molecule has 10 nitrogen and oxygen atoms in total. The number of hydrogen-bond donors (Lipinski definition) is 7. The molecular formula is C26H40N8O2. The summed E-state index contributed by atoms with van der Waals surface area (Å²) < 4.78 is 0. The lowest BCUT2D eigenvalue weighted by molar-refractivity contribution is -0.120. The smallest absolute Gasteiger partial charge is 0.256 e. The van der Waals surface area contributed by atoms with Crippen LogP contribution in [0.15, 0.2) is 60.6 Å². The van der Waals surface area contributed by atoms with Gasteiger partial charge in [-0.2, -0.15) is 0 Å². The van der Waals surface area contributed by atoms with E-state index in [0.717, 1.165) is 19.3 Å². The maximum Gasteiger partial charge on any atom is 0.256 e. The van der Waals surface area contributed by atoms with E-state index < -0.39 is 11.7 Å². The summed E-state index contributed by atoms with van der Waals surface area (Å²) in [6, 6.07) is 10.8. The second kappa shape index (κ2) is 14.3. The van der Waals surface area contributed by atoms with Crippen molar-refractivity contribution in [3.8, 4) is 0 Å². The largest absolute Gasteiger partial charge is 0.404 e. The molecule has 1 aromatic carbocycles. The zero-order valence-electron chi connectivity index (χ0n) is 21.4. The Kier molecular flexibility index (Phi) is 11.5. The van der Waals surface area contributed by atoms with Crippen LogP contribution in [0.25, 0.3) is 0 Å². The van der Waals surface area contributed by atoms with E-state index in [0.29, 0.717) is 29.9 Å². The van der Waals surface area contributed by atoms with E-state index in [9.17, 15) is 9.59 Å². The number of pyridine rings is 1. The van der Waals surface area contributed by atoms with Crippen molar-refractivity contribution >= 4 is 23.2 Å². The summed E-state index contributed by atoms with van der Waals surface area (Å²) in [6.07, 6.45) is 7.30. The van der Waals surface area contributed by atoms with E-state index in [1.165, 1.54) is 11.8 Å². The van der Waals surface area contributed by atoms with Gasteiger partial charge in [-0.15, -0.1) is 0 Å². The van der Waals surface area contributed by atoms with Crippen molar-refractivity contribution in [2.24, 2.45) is 17.2 Å². The summed E-state index contributed by atoms with van der Waals surface area (Å²) in [7, 11) is 0. The third kappa shape index (κ3) is 9.74. The van der Waals surface area contributed by atoms with Crippen LogP contribution in [0.1, 0.15) is 45.6 Å². The Bertz CT molecular complexity index is 1000. The molecule has 0 aliphatic rings. The predicted octanol–water partition coefficient (Wildman–Crippen LogP) is 1.76. The summed E-state index contributed by atoms with van der Waals surface area (Å²) >= 11 is 0. The second-order valence-electron chi connectivity index (χ2n) is 9.24. The monoisotopic (exact) mass is 496 g/mol. The number of nitrogens with two attached hydrogens (primary N) is 3. The fourth-order valence-corrected chi connectivity index (χ4v) is 3.39. The topological polar surface area (TPSA) is 173 Å². The highest BCUT2D eigenvalue weighted by molar-refractivity contribution is 6.05. The van der Waals surface area contributed by atoms with Crippen LogP contribution in [0.4, 0.5) is 11.4 Å². The van der Waals surface area contributed by atoms with E-state index in [2.05, 4.69) is 26.3 Å². The first-order valence-electron chi connectivity index (χ1n) is 12.2. The zero-order chi connectivity index (χ0) is 26.6. The molecule has 2 atom stereocenters. The number of aryl methyl sites for hydroxylation is 1. The van der Waals surface area contributed by atoms with Crippen molar-refractivity contribution in [1.29, 1.82) is 0 Å². The number of carbonyl (C=O) groups is 2. The first-order chi connectivity index (χ1) is 17.1. The zero-order valence-corrected chi connectivity index (χ0v) is 21.4. The number of carbonyl (C=O) groups excluding carboxylic acids is 2. The van der Waals surface area contributed by atoms with Crippen LogP contribution in [0.2, 0.25) is 0 Å². The van der Waals surface area contributed by atoms with Gasteiger partial charge in [0.05, 0.1) is 23.4 Å². The van der Waals surface area contributed by atoms with Gasteiger partial charge in [0, 0.05) is 30.0 Å². The number of benzene rings is 1. The van der Waals surface area contributed by atoms with Gasteiger partial charge in [-0.05, 0) is 82.0 Å². The first kappa shape index (κ1) is 28.9. The summed E-state index contributed by atoms with van der Waals surface area (Å²) in [5.74, 6) is -0.718.